The molecule has 5 nitrogen and oxygen atoms in total. The molecule has 1 aromatic carbocycles. The second-order valence-electron chi connectivity index (χ2n) is 3.73. The number of hydrogen-bond donors (Lipinski definition) is 2. The Morgan fingerprint density at radius 3 is 2.83 bits per heavy atom. The predicted molar refractivity (Wildman–Crippen MR) is 71.1 cm³/mol. The van der Waals surface area contributed by atoms with Gasteiger partial charge in [0, 0.05) is 5.75 Å². The lowest BCUT2D eigenvalue weighted by atomic mass is 10.3. The molecular formula is C11H11ClN2O3S. The van der Waals surface area contributed by atoms with Gasteiger partial charge >= 0.3 is 12.0 Å². The average Bonchev–Trinajstić information content (AvgIpc) is 2.81. The number of rotatable bonds is 2. The van der Waals surface area contributed by atoms with Crippen LogP contribution >= 0.6 is 23.4 Å². The van der Waals surface area contributed by atoms with E-state index in [1.807, 2.05) is 0 Å². The maximum atomic E-state index is 12.0. The van der Waals surface area contributed by atoms with Crippen molar-refractivity contribution in [1.29, 1.82) is 0 Å². The highest BCUT2D eigenvalue weighted by atomic mass is 35.5. The second-order valence-corrected chi connectivity index (χ2v) is 5.14. The van der Waals surface area contributed by atoms with E-state index in [4.69, 9.17) is 16.7 Å². The SMILES string of the molecule is O=C(O)C1CSCN1C(=O)Nc1ccccc1Cl. The van der Waals surface area contributed by atoms with Crippen molar-refractivity contribution in [2.75, 3.05) is 16.9 Å². The predicted octanol–water partition coefficient (Wildman–Crippen LogP) is 2.33. The van der Waals surface area contributed by atoms with Crippen LogP contribution in [0.5, 0.6) is 0 Å². The number of urea groups is 1. The summed E-state index contributed by atoms with van der Waals surface area (Å²) in [5.41, 5.74) is 0.477. The molecule has 0 aliphatic carbocycles. The molecule has 0 radical (unpaired) electrons. The van der Waals surface area contributed by atoms with Gasteiger partial charge < -0.3 is 15.3 Å². The molecule has 0 aromatic heterocycles. The summed E-state index contributed by atoms with van der Waals surface area (Å²) in [7, 11) is 0. The molecule has 0 spiro atoms. The molecule has 1 fully saturated rings. The third-order valence-electron chi connectivity index (χ3n) is 2.54. The molecule has 2 rings (SSSR count). The van der Waals surface area contributed by atoms with Crippen molar-refractivity contribution in [3.05, 3.63) is 29.3 Å². The van der Waals surface area contributed by atoms with Crippen molar-refractivity contribution in [1.82, 2.24) is 4.90 Å². The monoisotopic (exact) mass is 286 g/mol. The number of benzene rings is 1. The third-order valence-corrected chi connectivity index (χ3v) is 3.89. The summed E-state index contributed by atoms with van der Waals surface area (Å²) < 4.78 is 0. The molecular weight excluding hydrogens is 276 g/mol. The van der Waals surface area contributed by atoms with Gasteiger partial charge in [-0.05, 0) is 12.1 Å². The van der Waals surface area contributed by atoms with E-state index in [0.717, 1.165) is 0 Å². The van der Waals surface area contributed by atoms with E-state index < -0.39 is 18.0 Å². The Labute approximate surface area is 113 Å². The molecule has 1 unspecified atom stereocenters. The number of thioether (sulfide) groups is 1. The van der Waals surface area contributed by atoms with Crippen molar-refractivity contribution in [2.24, 2.45) is 0 Å². The van der Waals surface area contributed by atoms with E-state index in [1.54, 1.807) is 24.3 Å². The molecule has 7 heteroatoms. The van der Waals surface area contributed by atoms with Crippen LogP contribution in [0.3, 0.4) is 0 Å². The van der Waals surface area contributed by atoms with Crippen LogP contribution in [0, 0.1) is 0 Å². The number of para-hydroxylation sites is 1. The zero-order valence-corrected chi connectivity index (χ0v) is 10.9. The van der Waals surface area contributed by atoms with Crippen molar-refractivity contribution >= 4 is 41.1 Å². The number of hydrogen-bond acceptors (Lipinski definition) is 3. The van der Waals surface area contributed by atoms with E-state index in [2.05, 4.69) is 5.32 Å². The number of nitrogens with zero attached hydrogens (tertiary/aromatic N) is 1. The Hall–Kier alpha value is -1.40. The molecule has 1 atom stereocenters. The first-order chi connectivity index (χ1) is 8.59. The molecule has 2 amide bonds. The fourth-order valence-corrected chi connectivity index (χ4v) is 2.93. The van der Waals surface area contributed by atoms with Crippen molar-refractivity contribution in [2.45, 2.75) is 6.04 Å². The molecule has 1 saturated heterocycles. The topological polar surface area (TPSA) is 69.6 Å². The standard InChI is InChI=1S/C11H11ClN2O3S/c12-7-3-1-2-4-8(7)13-11(17)14-6-18-5-9(14)10(15)16/h1-4,9H,5-6H2,(H,13,17)(H,15,16). The molecule has 0 bridgehead atoms. The van der Waals surface area contributed by atoms with E-state index >= 15 is 0 Å². The maximum absolute atomic E-state index is 12.0. The summed E-state index contributed by atoms with van der Waals surface area (Å²) in [6.07, 6.45) is 0. The second kappa shape index (κ2) is 5.49. The fourth-order valence-electron chi connectivity index (χ4n) is 1.60. The largest absolute Gasteiger partial charge is 0.480 e. The Morgan fingerprint density at radius 1 is 1.44 bits per heavy atom. The van der Waals surface area contributed by atoms with Gasteiger partial charge in [-0.25, -0.2) is 9.59 Å². The summed E-state index contributed by atoms with van der Waals surface area (Å²) in [5, 5.41) is 12.0. The van der Waals surface area contributed by atoms with Gasteiger partial charge in [-0.3, -0.25) is 0 Å². The van der Waals surface area contributed by atoms with Gasteiger partial charge in [-0.15, -0.1) is 11.8 Å². The lowest BCUT2D eigenvalue weighted by molar-refractivity contribution is -0.140. The molecule has 1 heterocycles. The Bertz CT molecular complexity index is 483. The van der Waals surface area contributed by atoms with E-state index in [1.165, 1.54) is 16.7 Å². The molecule has 0 saturated carbocycles. The Balaban J connectivity index is 2.08. The summed E-state index contributed by atoms with van der Waals surface area (Å²) in [6, 6.07) is 5.60. The number of nitrogens with one attached hydrogen (secondary N) is 1. The van der Waals surface area contributed by atoms with Crippen molar-refractivity contribution in [3.63, 3.8) is 0 Å². The minimum absolute atomic E-state index is 0.368. The highest BCUT2D eigenvalue weighted by Crippen LogP contribution is 2.24. The molecule has 1 aliphatic rings. The summed E-state index contributed by atoms with van der Waals surface area (Å²) >= 11 is 7.33. The van der Waals surface area contributed by atoms with Crippen LogP contribution in [0.2, 0.25) is 5.02 Å². The number of carboxylic acids is 1. The van der Waals surface area contributed by atoms with Gasteiger partial charge in [0.2, 0.25) is 0 Å². The third kappa shape index (κ3) is 2.70. The molecule has 96 valence electrons. The number of carbonyl (C=O) groups is 2. The lowest BCUT2D eigenvalue weighted by Gasteiger charge is -2.21. The highest BCUT2D eigenvalue weighted by molar-refractivity contribution is 7.99. The lowest BCUT2D eigenvalue weighted by Crippen LogP contribution is -2.43. The van der Waals surface area contributed by atoms with Gasteiger partial charge in [-0.2, -0.15) is 0 Å². The van der Waals surface area contributed by atoms with Crippen molar-refractivity contribution in [3.8, 4) is 0 Å². The normalized spacial score (nSPS) is 18.7. The zero-order valence-electron chi connectivity index (χ0n) is 9.30. The molecule has 1 aromatic rings. The fraction of sp³-hybridized carbons (Fsp3) is 0.273. The first-order valence-corrected chi connectivity index (χ1v) is 6.75. The minimum atomic E-state index is -0.991. The van der Waals surface area contributed by atoms with Crippen LogP contribution in [-0.4, -0.2) is 39.7 Å². The summed E-state index contributed by atoms with van der Waals surface area (Å²) in [6.45, 7) is 0. The summed E-state index contributed by atoms with van der Waals surface area (Å²) in [4.78, 5) is 24.2. The van der Waals surface area contributed by atoms with Gasteiger partial charge in [0.25, 0.3) is 0 Å². The Morgan fingerprint density at radius 2 is 2.17 bits per heavy atom. The van der Waals surface area contributed by atoms with Gasteiger partial charge in [0.05, 0.1) is 16.6 Å². The summed E-state index contributed by atoms with van der Waals surface area (Å²) in [5.74, 6) is -0.215. The molecule has 2 N–H and O–H groups in total. The maximum Gasteiger partial charge on any atom is 0.327 e. The quantitative estimate of drug-likeness (QED) is 0.875. The number of carbonyl (C=O) groups excluding carboxylic acids is 1. The van der Waals surface area contributed by atoms with Crippen LogP contribution < -0.4 is 5.32 Å². The minimum Gasteiger partial charge on any atom is -0.480 e. The van der Waals surface area contributed by atoms with Crippen LogP contribution in [-0.2, 0) is 4.79 Å². The number of aliphatic carboxylic acids is 1. The van der Waals surface area contributed by atoms with E-state index in [0.29, 0.717) is 22.3 Å². The molecule has 1 aliphatic heterocycles. The van der Waals surface area contributed by atoms with Crippen LogP contribution in [0.1, 0.15) is 0 Å². The first-order valence-electron chi connectivity index (χ1n) is 5.22. The van der Waals surface area contributed by atoms with E-state index in [-0.39, 0.29) is 0 Å². The Kier molecular flexibility index (Phi) is 3.98. The number of halogens is 1. The number of anilines is 1. The average molecular weight is 287 g/mol. The van der Waals surface area contributed by atoms with Crippen LogP contribution in [0.25, 0.3) is 0 Å². The van der Waals surface area contributed by atoms with Gasteiger partial charge in [-0.1, -0.05) is 23.7 Å². The smallest absolute Gasteiger partial charge is 0.327 e. The van der Waals surface area contributed by atoms with Crippen molar-refractivity contribution < 1.29 is 14.7 Å². The molecule has 18 heavy (non-hydrogen) atoms. The van der Waals surface area contributed by atoms with Crippen LogP contribution in [0.4, 0.5) is 10.5 Å². The van der Waals surface area contributed by atoms with Gasteiger partial charge in [0.1, 0.15) is 6.04 Å². The highest BCUT2D eigenvalue weighted by Gasteiger charge is 2.34. The van der Waals surface area contributed by atoms with Crippen LogP contribution in [0.15, 0.2) is 24.3 Å². The number of carboxylic acid groups (broad SMARTS) is 1. The van der Waals surface area contributed by atoms with E-state index in [9.17, 15) is 9.59 Å². The zero-order chi connectivity index (χ0) is 13.1. The number of amides is 2. The van der Waals surface area contributed by atoms with Gasteiger partial charge in [0.15, 0.2) is 0 Å². The first kappa shape index (κ1) is 13.0.